The molecule has 6 aromatic rings. The Morgan fingerprint density at radius 2 is 0.767 bits per heavy atom. The van der Waals surface area contributed by atoms with Crippen molar-refractivity contribution in [2.24, 2.45) is 0 Å². The fourth-order valence-corrected chi connectivity index (χ4v) is 8.81. The van der Waals surface area contributed by atoms with Crippen LogP contribution in [0, 0.1) is 0 Å². The highest BCUT2D eigenvalue weighted by atomic mass is 32.2. The van der Waals surface area contributed by atoms with E-state index in [9.17, 15) is 0 Å². The van der Waals surface area contributed by atoms with E-state index in [1.807, 2.05) is 45.3 Å². The molecule has 6 rings (SSSR count). The van der Waals surface area contributed by atoms with Crippen LogP contribution < -0.4 is 0 Å². The summed E-state index contributed by atoms with van der Waals surface area (Å²) in [6, 6.07) is 35.0. The van der Waals surface area contributed by atoms with Gasteiger partial charge >= 0.3 is 0 Å². The zero-order chi connectivity index (χ0) is 19.9. The van der Waals surface area contributed by atoms with E-state index in [0.29, 0.717) is 0 Å². The summed E-state index contributed by atoms with van der Waals surface area (Å²) >= 11 is 7.55. The van der Waals surface area contributed by atoms with Crippen molar-refractivity contribution in [3.63, 3.8) is 0 Å². The van der Waals surface area contributed by atoms with Gasteiger partial charge in [0, 0.05) is 0 Å². The molecule has 0 nitrogen and oxygen atoms in total. The van der Waals surface area contributed by atoms with Crippen molar-refractivity contribution in [1.82, 2.24) is 0 Å². The molecule has 30 heavy (non-hydrogen) atoms. The average molecular weight is 457 g/mol. The van der Waals surface area contributed by atoms with Crippen molar-refractivity contribution in [3.05, 3.63) is 97.1 Å². The van der Waals surface area contributed by atoms with Crippen molar-refractivity contribution >= 4 is 64.1 Å². The first-order valence-electron chi connectivity index (χ1n) is 9.69. The quantitative estimate of drug-likeness (QED) is 0.232. The smallest absolute Gasteiger partial charge is 0.0616 e. The molecule has 4 heteroatoms. The molecule has 0 saturated carbocycles. The lowest BCUT2D eigenvalue weighted by Crippen LogP contribution is -1.85. The molecule has 0 unspecified atom stereocenters. The highest BCUT2D eigenvalue weighted by Crippen LogP contribution is 2.47. The molecule has 0 radical (unpaired) electrons. The van der Waals surface area contributed by atoms with Gasteiger partial charge in [-0.1, -0.05) is 60.7 Å². The van der Waals surface area contributed by atoms with E-state index >= 15 is 0 Å². The Kier molecular flexibility index (Phi) is 4.65. The Morgan fingerprint density at radius 3 is 1.20 bits per heavy atom. The summed E-state index contributed by atoms with van der Waals surface area (Å²) in [7, 11) is 0. The molecular weight excluding hydrogens is 441 g/mol. The zero-order valence-corrected chi connectivity index (χ0v) is 19.1. The number of hydrogen-bond donors (Lipinski definition) is 0. The van der Waals surface area contributed by atoms with Crippen molar-refractivity contribution in [2.45, 2.75) is 0 Å². The topological polar surface area (TPSA) is 0 Å². The average Bonchev–Trinajstić information content (AvgIpc) is 3.43. The zero-order valence-electron chi connectivity index (χ0n) is 15.9. The summed E-state index contributed by atoms with van der Waals surface area (Å²) < 4.78 is 8.14. The first kappa shape index (κ1) is 18.3. The van der Waals surface area contributed by atoms with Crippen LogP contribution in [0.2, 0.25) is 0 Å². The molecule has 0 aliphatic carbocycles. The van der Waals surface area contributed by atoms with Crippen molar-refractivity contribution in [2.75, 3.05) is 0 Å². The van der Waals surface area contributed by atoms with Gasteiger partial charge in [-0.2, -0.15) is 0 Å². The molecule has 0 amide bonds. The second kappa shape index (κ2) is 7.64. The first-order valence-corrected chi connectivity index (χ1v) is 13.0. The fraction of sp³-hybridized carbons (Fsp3) is 0. The Hall–Kier alpha value is -2.50. The van der Waals surface area contributed by atoms with Gasteiger partial charge in [-0.05, 0) is 47.5 Å². The highest BCUT2D eigenvalue weighted by molar-refractivity contribution is 7.44. The summed E-state index contributed by atoms with van der Waals surface area (Å²) in [6.45, 7) is 0. The molecule has 0 saturated heterocycles. The van der Waals surface area contributed by atoms with E-state index in [2.05, 4.69) is 97.1 Å². The lowest BCUT2D eigenvalue weighted by Gasteiger charge is -2.07. The van der Waals surface area contributed by atoms with E-state index in [0.717, 1.165) is 0 Å². The van der Waals surface area contributed by atoms with Gasteiger partial charge < -0.3 is 0 Å². The van der Waals surface area contributed by atoms with Gasteiger partial charge in [0.15, 0.2) is 18.8 Å². The Balaban J connectivity index is 1.56. The normalized spacial score (nSPS) is 11.3. The van der Waals surface area contributed by atoms with Gasteiger partial charge in [-0.25, -0.2) is 0 Å². The molecule has 0 bridgehead atoms. The minimum Gasteiger partial charge on any atom is -0.0616 e. The van der Waals surface area contributed by atoms with Crippen molar-refractivity contribution in [3.8, 4) is 30.6 Å². The van der Waals surface area contributed by atoms with Gasteiger partial charge in [0.25, 0.3) is 8.38 Å². The van der Waals surface area contributed by atoms with Gasteiger partial charge in [-0.15, -0.1) is 0 Å². The third-order valence-electron chi connectivity index (χ3n) is 5.09. The number of benzene rings is 4. The van der Waals surface area contributed by atoms with E-state index in [1.165, 1.54) is 49.4 Å². The maximum Gasteiger partial charge on any atom is 0.286 e. The molecule has 2 heterocycles. The van der Waals surface area contributed by atoms with Crippen molar-refractivity contribution < 1.29 is 0 Å². The summed E-state index contributed by atoms with van der Waals surface area (Å²) in [5.41, 5.74) is 5.26. The first-order chi connectivity index (χ1) is 14.9. The lowest BCUT2D eigenvalue weighted by molar-refractivity contribution is 1.63. The van der Waals surface area contributed by atoms with Gasteiger partial charge in [0.1, 0.15) is 0 Å². The van der Waals surface area contributed by atoms with Crippen molar-refractivity contribution in [1.29, 1.82) is 0 Å². The number of fused-ring (bicyclic) bond motifs is 2. The Morgan fingerprint density at radius 1 is 0.400 bits per heavy atom. The summed E-state index contributed by atoms with van der Waals surface area (Å²) in [5.74, 6) is 0. The molecule has 4 aromatic carbocycles. The minimum atomic E-state index is 1.31. The summed E-state index contributed by atoms with van der Waals surface area (Å²) in [6.07, 6.45) is 0. The third kappa shape index (κ3) is 3.17. The van der Waals surface area contributed by atoms with Gasteiger partial charge in [0.05, 0.1) is 56.5 Å². The van der Waals surface area contributed by atoms with E-state index in [-0.39, 0.29) is 0 Å². The van der Waals surface area contributed by atoms with Crippen LogP contribution in [-0.4, -0.2) is 0 Å². The lowest BCUT2D eigenvalue weighted by atomic mass is 9.97. The van der Waals surface area contributed by atoms with Crippen LogP contribution in [0.1, 0.15) is 0 Å². The van der Waals surface area contributed by atoms with E-state index < -0.39 is 0 Å². The Bertz CT molecular complexity index is 1320. The van der Waals surface area contributed by atoms with Crippen LogP contribution in [-0.2, 0) is 0 Å². The van der Waals surface area contributed by atoms with Crippen LogP contribution in [0.5, 0.6) is 0 Å². The molecule has 0 aliphatic rings. The van der Waals surface area contributed by atoms with Crippen LogP contribution in [0.25, 0.3) is 49.4 Å². The predicted octanol–water partition coefficient (Wildman–Crippen LogP) is 9.80. The SMILES string of the molecule is c1ccc(-c2ccccc2-c2sc3ccccc3[s+]2)c(-c2sc3ccccc3[s+]2)c1. The standard InChI is InChI=1S/C26H16S4/c1-3-11-19(25-27-21-13-5-6-14-22(21)28-25)17(9-1)18-10-2-4-12-20(18)26-29-23-15-7-8-16-24(23)30-26/h1-16H/q+2. The molecule has 0 atom stereocenters. The molecular formula is C26H16S4+2. The minimum absolute atomic E-state index is 1.31. The molecule has 142 valence electrons. The van der Waals surface area contributed by atoms with Crippen LogP contribution in [0.4, 0.5) is 0 Å². The maximum atomic E-state index is 2.27. The second-order valence-corrected chi connectivity index (χ2v) is 11.7. The monoisotopic (exact) mass is 456 g/mol. The molecule has 0 spiro atoms. The predicted molar refractivity (Wildman–Crippen MR) is 138 cm³/mol. The largest absolute Gasteiger partial charge is 0.286 e. The number of rotatable bonds is 3. The summed E-state index contributed by atoms with van der Waals surface area (Å²) in [5, 5.41) is 0. The molecule has 0 N–H and O–H groups in total. The molecule has 0 fully saturated rings. The fourth-order valence-electron chi connectivity index (χ4n) is 3.69. The van der Waals surface area contributed by atoms with Crippen LogP contribution in [0.3, 0.4) is 0 Å². The van der Waals surface area contributed by atoms with Crippen LogP contribution in [0.15, 0.2) is 97.1 Å². The third-order valence-corrected chi connectivity index (χ3v) is 10.3. The van der Waals surface area contributed by atoms with E-state index in [1.54, 1.807) is 0 Å². The second-order valence-electron chi connectivity index (χ2n) is 6.97. The highest BCUT2D eigenvalue weighted by Gasteiger charge is 2.25. The van der Waals surface area contributed by atoms with Gasteiger partial charge in [0.2, 0.25) is 0 Å². The molecule has 0 aliphatic heterocycles. The summed E-state index contributed by atoms with van der Waals surface area (Å²) in [4.78, 5) is 0. The Labute approximate surface area is 191 Å². The molecule has 2 aromatic heterocycles. The number of hydrogen-bond acceptors (Lipinski definition) is 2. The van der Waals surface area contributed by atoms with E-state index in [4.69, 9.17) is 0 Å². The van der Waals surface area contributed by atoms with Crippen LogP contribution >= 0.6 is 45.3 Å². The van der Waals surface area contributed by atoms with Gasteiger partial charge in [-0.3, -0.25) is 0 Å². The maximum absolute atomic E-state index is 2.27.